The van der Waals surface area contributed by atoms with Crippen LogP contribution in [0.15, 0.2) is 15.9 Å². The van der Waals surface area contributed by atoms with Crippen molar-refractivity contribution in [3.8, 4) is 9.88 Å². The van der Waals surface area contributed by atoms with E-state index in [0.717, 1.165) is 8.66 Å². The van der Waals surface area contributed by atoms with Gasteiger partial charge in [-0.1, -0.05) is 11.3 Å². The van der Waals surface area contributed by atoms with Gasteiger partial charge in [0.1, 0.15) is 10.0 Å². The monoisotopic (exact) mass is 304 g/mol. The Labute approximate surface area is 102 Å². The number of aromatic carboxylic acids is 1. The summed E-state index contributed by atoms with van der Waals surface area (Å²) in [4.78, 5) is 15.6. The maximum absolute atomic E-state index is 10.7. The van der Waals surface area contributed by atoms with Crippen molar-refractivity contribution in [2.45, 2.75) is 0 Å². The molecule has 2 aromatic heterocycles. The zero-order valence-corrected chi connectivity index (χ0v) is 10.4. The Morgan fingerprint density at radius 1 is 1.47 bits per heavy atom. The summed E-state index contributed by atoms with van der Waals surface area (Å²) in [6.07, 6.45) is 0. The molecular formula is C8H5BrN2O2S2. The molecule has 2 heterocycles. The first-order valence-corrected chi connectivity index (χ1v) is 6.26. The van der Waals surface area contributed by atoms with Gasteiger partial charge < -0.3 is 10.8 Å². The first kappa shape index (κ1) is 10.6. The van der Waals surface area contributed by atoms with Crippen LogP contribution in [0.3, 0.4) is 0 Å². The van der Waals surface area contributed by atoms with Gasteiger partial charge in [0.25, 0.3) is 0 Å². The first-order chi connectivity index (χ1) is 7.08. The van der Waals surface area contributed by atoms with E-state index in [1.54, 1.807) is 0 Å². The molecule has 0 spiro atoms. The molecule has 0 amide bonds. The predicted molar refractivity (Wildman–Crippen MR) is 64.5 cm³/mol. The lowest BCUT2D eigenvalue weighted by Crippen LogP contribution is -2.00. The number of nitrogens with zero attached hydrogens (tertiary/aromatic N) is 1. The van der Waals surface area contributed by atoms with E-state index < -0.39 is 5.97 Å². The van der Waals surface area contributed by atoms with Crippen molar-refractivity contribution in [3.63, 3.8) is 0 Å². The molecule has 7 heteroatoms. The molecule has 0 aliphatic heterocycles. The van der Waals surface area contributed by atoms with E-state index in [0.29, 0.717) is 5.01 Å². The molecule has 2 rings (SSSR count). The predicted octanol–water partition coefficient (Wildman–Crippen LogP) is 2.91. The number of aromatic nitrogens is 1. The van der Waals surface area contributed by atoms with Crippen molar-refractivity contribution in [3.05, 3.63) is 21.6 Å². The fraction of sp³-hybridized carbons (Fsp3) is 0. The minimum Gasteiger partial charge on any atom is -0.476 e. The van der Waals surface area contributed by atoms with Gasteiger partial charge in [-0.15, -0.1) is 11.3 Å². The van der Waals surface area contributed by atoms with Crippen LogP contribution < -0.4 is 5.73 Å². The number of nitrogen functional groups attached to an aromatic ring is 1. The number of thiophene rings is 1. The molecular weight excluding hydrogens is 300 g/mol. The second kappa shape index (κ2) is 3.92. The van der Waals surface area contributed by atoms with Gasteiger partial charge >= 0.3 is 5.97 Å². The molecule has 0 saturated heterocycles. The zero-order chi connectivity index (χ0) is 11.0. The van der Waals surface area contributed by atoms with E-state index >= 15 is 0 Å². The van der Waals surface area contributed by atoms with Gasteiger partial charge in [0.15, 0.2) is 5.69 Å². The summed E-state index contributed by atoms with van der Waals surface area (Å²) in [6, 6.07) is 3.76. The quantitative estimate of drug-likeness (QED) is 0.894. The van der Waals surface area contributed by atoms with E-state index in [9.17, 15) is 4.79 Å². The summed E-state index contributed by atoms with van der Waals surface area (Å²) >= 11 is 6.01. The second-order valence-electron chi connectivity index (χ2n) is 2.64. The maximum Gasteiger partial charge on any atom is 0.357 e. The Morgan fingerprint density at radius 2 is 2.20 bits per heavy atom. The summed E-state index contributed by atoms with van der Waals surface area (Å²) in [5.41, 5.74) is 5.48. The van der Waals surface area contributed by atoms with Crippen LogP contribution in [-0.4, -0.2) is 16.1 Å². The fourth-order valence-corrected chi connectivity index (χ4v) is 3.28. The van der Waals surface area contributed by atoms with Gasteiger partial charge in [-0.3, -0.25) is 0 Å². The van der Waals surface area contributed by atoms with Crippen LogP contribution in [-0.2, 0) is 0 Å². The zero-order valence-electron chi connectivity index (χ0n) is 7.23. The molecule has 2 aromatic rings. The highest BCUT2D eigenvalue weighted by Crippen LogP contribution is 2.36. The number of thiazole rings is 1. The number of rotatable bonds is 2. The Hall–Kier alpha value is -0.920. The van der Waals surface area contributed by atoms with Crippen molar-refractivity contribution < 1.29 is 9.90 Å². The smallest absolute Gasteiger partial charge is 0.357 e. The lowest BCUT2D eigenvalue weighted by molar-refractivity contribution is 0.0692. The molecule has 4 nitrogen and oxygen atoms in total. The van der Waals surface area contributed by atoms with Crippen molar-refractivity contribution in [1.29, 1.82) is 0 Å². The van der Waals surface area contributed by atoms with Crippen LogP contribution in [0.2, 0.25) is 0 Å². The van der Waals surface area contributed by atoms with E-state index in [4.69, 9.17) is 10.8 Å². The molecule has 0 atom stereocenters. The summed E-state index contributed by atoms with van der Waals surface area (Å²) < 4.78 is 0.975. The molecule has 78 valence electrons. The SMILES string of the molecule is Nc1sc(-c2ccc(Br)s2)nc1C(=O)O. The lowest BCUT2D eigenvalue weighted by atomic mass is 10.4. The summed E-state index contributed by atoms with van der Waals surface area (Å²) in [5.74, 6) is -1.09. The van der Waals surface area contributed by atoms with E-state index in [1.165, 1.54) is 22.7 Å². The lowest BCUT2D eigenvalue weighted by Gasteiger charge is -1.86. The first-order valence-electron chi connectivity index (χ1n) is 3.83. The third-order valence-corrected chi connectivity index (χ3v) is 4.32. The van der Waals surface area contributed by atoms with Crippen LogP contribution in [0.1, 0.15) is 10.5 Å². The molecule has 0 fully saturated rings. The Morgan fingerprint density at radius 3 is 2.67 bits per heavy atom. The van der Waals surface area contributed by atoms with Gasteiger partial charge in [0, 0.05) is 0 Å². The Kier molecular flexibility index (Phi) is 2.76. The average Bonchev–Trinajstić information content (AvgIpc) is 2.71. The number of carbonyl (C=O) groups is 1. The molecule has 0 unspecified atom stereocenters. The van der Waals surface area contributed by atoms with Crippen LogP contribution in [0.4, 0.5) is 5.00 Å². The van der Waals surface area contributed by atoms with E-state index in [1.807, 2.05) is 12.1 Å². The number of nitrogens with two attached hydrogens (primary N) is 1. The normalized spacial score (nSPS) is 10.5. The van der Waals surface area contributed by atoms with Crippen molar-refractivity contribution >= 4 is 49.6 Å². The minimum absolute atomic E-state index is 0.0699. The van der Waals surface area contributed by atoms with Crippen molar-refractivity contribution in [2.24, 2.45) is 0 Å². The van der Waals surface area contributed by atoms with Gasteiger partial charge in [-0.2, -0.15) is 0 Å². The highest BCUT2D eigenvalue weighted by molar-refractivity contribution is 9.11. The molecule has 0 saturated carbocycles. The number of carboxylic acid groups (broad SMARTS) is 1. The van der Waals surface area contributed by atoms with Gasteiger partial charge in [0.2, 0.25) is 0 Å². The largest absolute Gasteiger partial charge is 0.476 e. The summed E-state index contributed by atoms with van der Waals surface area (Å²) in [5, 5.41) is 9.67. The van der Waals surface area contributed by atoms with Gasteiger partial charge in [-0.25, -0.2) is 9.78 Å². The Balaban J connectivity index is 2.46. The number of hydrogen-bond acceptors (Lipinski definition) is 5. The van der Waals surface area contributed by atoms with Crippen LogP contribution in [0, 0.1) is 0 Å². The minimum atomic E-state index is -1.09. The third-order valence-electron chi connectivity index (χ3n) is 1.64. The van der Waals surface area contributed by atoms with Crippen LogP contribution in [0.5, 0.6) is 0 Å². The molecule has 0 radical (unpaired) electrons. The number of anilines is 1. The Bertz CT molecular complexity index is 520. The van der Waals surface area contributed by atoms with E-state index in [2.05, 4.69) is 20.9 Å². The topological polar surface area (TPSA) is 76.2 Å². The highest BCUT2D eigenvalue weighted by atomic mass is 79.9. The number of carboxylic acids is 1. The number of hydrogen-bond donors (Lipinski definition) is 2. The van der Waals surface area contributed by atoms with E-state index in [-0.39, 0.29) is 10.7 Å². The molecule has 0 aliphatic rings. The third kappa shape index (κ3) is 2.04. The van der Waals surface area contributed by atoms with Gasteiger partial charge in [0.05, 0.1) is 8.66 Å². The van der Waals surface area contributed by atoms with Crippen LogP contribution in [0.25, 0.3) is 9.88 Å². The highest BCUT2D eigenvalue weighted by Gasteiger charge is 2.16. The van der Waals surface area contributed by atoms with Crippen molar-refractivity contribution in [1.82, 2.24) is 4.98 Å². The average molecular weight is 305 g/mol. The van der Waals surface area contributed by atoms with Crippen LogP contribution >= 0.6 is 38.6 Å². The summed E-state index contributed by atoms with van der Waals surface area (Å²) in [6.45, 7) is 0. The molecule has 0 aliphatic carbocycles. The maximum atomic E-state index is 10.7. The summed E-state index contributed by atoms with van der Waals surface area (Å²) in [7, 11) is 0. The molecule has 15 heavy (non-hydrogen) atoms. The standard InChI is InChI=1S/C8H5BrN2O2S2/c9-4-2-1-3(14-4)7-11-5(8(12)13)6(10)15-7/h1-2H,10H2,(H,12,13). The molecule has 0 aromatic carbocycles. The molecule has 3 N–H and O–H groups in total. The second-order valence-corrected chi connectivity index (χ2v) is 6.13. The van der Waals surface area contributed by atoms with Crippen molar-refractivity contribution in [2.75, 3.05) is 5.73 Å². The van der Waals surface area contributed by atoms with Gasteiger partial charge in [-0.05, 0) is 28.1 Å². The fourth-order valence-electron chi connectivity index (χ4n) is 1.02. The molecule has 0 bridgehead atoms. The number of halogens is 1.